The van der Waals surface area contributed by atoms with Crippen molar-refractivity contribution in [3.05, 3.63) is 52.8 Å². The number of ether oxygens (including phenoxy) is 2. The number of nitrogens with one attached hydrogen (secondary N) is 1. The van der Waals surface area contributed by atoms with E-state index in [2.05, 4.69) is 5.32 Å². The summed E-state index contributed by atoms with van der Waals surface area (Å²) >= 11 is 6.09. The number of hydrogen-bond acceptors (Lipinski definition) is 3. The van der Waals surface area contributed by atoms with Gasteiger partial charge in [0.25, 0.3) is 0 Å². The number of benzene rings is 2. The van der Waals surface area contributed by atoms with Crippen LogP contribution in [0.2, 0.25) is 5.02 Å². The molecule has 0 amide bonds. The fraction of sp³-hybridized carbons (Fsp3) is 0.250. The third-order valence-electron chi connectivity index (χ3n) is 2.93. The number of rotatable bonds is 6. The van der Waals surface area contributed by atoms with Crippen LogP contribution in [-0.4, -0.2) is 13.7 Å². The van der Waals surface area contributed by atoms with Gasteiger partial charge in [0.1, 0.15) is 5.82 Å². The predicted octanol–water partition coefficient (Wildman–Crippen LogP) is 4.50. The van der Waals surface area contributed by atoms with Gasteiger partial charge in [0, 0.05) is 28.9 Å². The van der Waals surface area contributed by atoms with E-state index in [0.29, 0.717) is 29.7 Å². The van der Waals surface area contributed by atoms with Crippen LogP contribution in [-0.2, 0) is 6.54 Å². The standard InChI is InChI=1S/C16H17ClFNO2/c1-3-21-16-11(8-12(17)9-15(16)20-2)10-19-14-6-4-13(18)5-7-14/h4-9,19H,3,10H2,1-2H3. The van der Waals surface area contributed by atoms with E-state index in [-0.39, 0.29) is 5.82 Å². The van der Waals surface area contributed by atoms with Gasteiger partial charge in [-0.3, -0.25) is 0 Å². The van der Waals surface area contributed by atoms with Crippen LogP contribution in [0.3, 0.4) is 0 Å². The number of halogens is 2. The Morgan fingerprint density at radius 2 is 1.90 bits per heavy atom. The molecule has 0 saturated carbocycles. The van der Waals surface area contributed by atoms with Crippen LogP contribution in [0.5, 0.6) is 11.5 Å². The first-order chi connectivity index (χ1) is 10.1. The van der Waals surface area contributed by atoms with E-state index in [1.165, 1.54) is 12.1 Å². The fourth-order valence-corrected chi connectivity index (χ4v) is 2.21. The highest BCUT2D eigenvalue weighted by Gasteiger charge is 2.12. The van der Waals surface area contributed by atoms with Crippen LogP contribution < -0.4 is 14.8 Å². The predicted molar refractivity (Wildman–Crippen MR) is 82.9 cm³/mol. The van der Waals surface area contributed by atoms with E-state index in [1.807, 2.05) is 13.0 Å². The molecular weight excluding hydrogens is 293 g/mol. The van der Waals surface area contributed by atoms with Crippen LogP contribution in [0, 0.1) is 5.82 Å². The van der Waals surface area contributed by atoms with E-state index in [4.69, 9.17) is 21.1 Å². The Kier molecular flexibility index (Phi) is 5.28. The molecule has 0 fully saturated rings. The molecule has 2 aromatic rings. The smallest absolute Gasteiger partial charge is 0.166 e. The summed E-state index contributed by atoms with van der Waals surface area (Å²) in [5.41, 5.74) is 1.70. The van der Waals surface area contributed by atoms with Gasteiger partial charge < -0.3 is 14.8 Å². The molecule has 0 aliphatic carbocycles. The first-order valence-corrected chi connectivity index (χ1v) is 7.00. The molecule has 0 radical (unpaired) electrons. The number of hydrogen-bond donors (Lipinski definition) is 1. The Morgan fingerprint density at radius 1 is 1.19 bits per heavy atom. The monoisotopic (exact) mass is 309 g/mol. The molecule has 0 saturated heterocycles. The second kappa shape index (κ2) is 7.18. The molecular formula is C16H17ClFNO2. The average molecular weight is 310 g/mol. The SMILES string of the molecule is CCOc1c(CNc2ccc(F)cc2)cc(Cl)cc1OC. The van der Waals surface area contributed by atoms with Crippen molar-refractivity contribution in [2.75, 3.05) is 19.0 Å². The third kappa shape index (κ3) is 4.02. The van der Waals surface area contributed by atoms with Crippen molar-refractivity contribution in [2.45, 2.75) is 13.5 Å². The summed E-state index contributed by atoms with van der Waals surface area (Å²) in [6, 6.07) is 9.71. The van der Waals surface area contributed by atoms with Gasteiger partial charge in [0.15, 0.2) is 11.5 Å². The van der Waals surface area contributed by atoms with Gasteiger partial charge in [-0.25, -0.2) is 4.39 Å². The van der Waals surface area contributed by atoms with E-state index >= 15 is 0 Å². The zero-order valence-corrected chi connectivity index (χ0v) is 12.7. The van der Waals surface area contributed by atoms with Gasteiger partial charge >= 0.3 is 0 Å². The summed E-state index contributed by atoms with van der Waals surface area (Å²) < 4.78 is 23.8. The maximum Gasteiger partial charge on any atom is 0.166 e. The van der Waals surface area contributed by atoms with Crippen molar-refractivity contribution in [3.63, 3.8) is 0 Å². The fourth-order valence-electron chi connectivity index (χ4n) is 1.98. The molecule has 0 bridgehead atoms. The van der Waals surface area contributed by atoms with E-state index in [1.54, 1.807) is 25.3 Å². The largest absolute Gasteiger partial charge is 0.493 e. The first kappa shape index (κ1) is 15.4. The van der Waals surface area contributed by atoms with Crippen LogP contribution in [0.1, 0.15) is 12.5 Å². The lowest BCUT2D eigenvalue weighted by Gasteiger charge is -2.16. The van der Waals surface area contributed by atoms with Gasteiger partial charge in [-0.15, -0.1) is 0 Å². The molecule has 5 heteroatoms. The van der Waals surface area contributed by atoms with Crippen molar-refractivity contribution in [2.24, 2.45) is 0 Å². The minimum absolute atomic E-state index is 0.264. The van der Waals surface area contributed by atoms with E-state index in [0.717, 1.165) is 11.3 Å². The molecule has 3 nitrogen and oxygen atoms in total. The summed E-state index contributed by atoms with van der Waals surface area (Å²) in [7, 11) is 1.57. The summed E-state index contributed by atoms with van der Waals surface area (Å²) in [5.74, 6) is 0.999. The highest BCUT2D eigenvalue weighted by molar-refractivity contribution is 6.30. The van der Waals surface area contributed by atoms with E-state index < -0.39 is 0 Å². The first-order valence-electron chi connectivity index (χ1n) is 6.62. The quantitative estimate of drug-likeness (QED) is 0.852. The van der Waals surface area contributed by atoms with Crippen molar-refractivity contribution in [1.29, 1.82) is 0 Å². The lowest BCUT2D eigenvalue weighted by molar-refractivity contribution is 0.308. The summed E-state index contributed by atoms with van der Waals surface area (Å²) in [5, 5.41) is 3.78. The highest BCUT2D eigenvalue weighted by Crippen LogP contribution is 2.35. The Morgan fingerprint density at radius 3 is 2.52 bits per heavy atom. The average Bonchev–Trinajstić information content (AvgIpc) is 2.48. The molecule has 21 heavy (non-hydrogen) atoms. The van der Waals surface area contributed by atoms with Crippen LogP contribution in [0.25, 0.3) is 0 Å². The highest BCUT2D eigenvalue weighted by atomic mass is 35.5. The molecule has 0 aliphatic rings. The van der Waals surface area contributed by atoms with Crippen molar-refractivity contribution in [3.8, 4) is 11.5 Å². The van der Waals surface area contributed by atoms with Crippen molar-refractivity contribution >= 4 is 17.3 Å². The molecule has 0 atom stereocenters. The Balaban J connectivity index is 2.21. The molecule has 2 rings (SSSR count). The zero-order valence-electron chi connectivity index (χ0n) is 12.0. The third-order valence-corrected chi connectivity index (χ3v) is 3.15. The summed E-state index contributed by atoms with van der Waals surface area (Å²) in [4.78, 5) is 0. The second-order valence-corrected chi connectivity index (χ2v) is 4.83. The Hall–Kier alpha value is -1.94. The normalized spacial score (nSPS) is 10.3. The van der Waals surface area contributed by atoms with E-state index in [9.17, 15) is 4.39 Å². The summed E-state index contributed by atoms with van der Waals surface area (Å²) in [6.07, 6.45) is 0. The molecule has 0 unspecified atom stereocenters. The molecule has 0 heterocycles. The molecule has 0 aliphatic heterocycles. The van der Waals surface area contributed by atoms with Gasteiger partial charge in [-0.1, -0.05) is 11.6 Å². The summed E-state index contributed by atoms with van der Waals surface area (Å²) in [6.45, 7) is 2.94. The molecule has 0 aromatic heterocycles. The maximum atomic E-state index is 12.9. The Bertz CT molecular complexity index is 602. The van der Waals surface area contributed by atoms with Crippen LogP contribution in [0.15, 0.2) is 36.4 Å². The van der Waals surface area contributed by atoms with Crippen molar-refractivity contribution < 1.29 is 13.9 Å². The van der Waals surface area contributed by atoms with Crippen LogP contribution in [0.4, 0.5) is 10.1 Å². The lowest BCUT2D eigenvalue weighted by atomic mass is 10.1. The second-order valence-electron chi connectivity index (χ2n) is 4.39. The molecule has 112 valence electrons. The van der Waals surface area contributed by atoms with Gasteiger partial charge in [0.05, 0.1) is 13.7 Å². The molecule has 2 aromatic carbocycles. The van der Waals surface area contributed by atoms with Gasteiger partial charge in [-0.05, 0) is 37.3 Å². The minimum Gasteiger partial charge on any atom is -0.493 e. The van der Waals surface area contributed by atoms with Crippen LogP contribution >= 0.6 is 11.6 Å². The minimum atomic E-state index is -0.264. The van der Waals surface area contributed by atoms with Crippen molar-refractivity contribution in [1.82, 2.24) is 0 Å². The molecule has 1 N–H and O–H groups in total. The topological polar surface area (TPSA) is 30.5 Å². The maximum absolute atomic E-state index is 12.9. The lowest BCUT2D eigenvalue weighted by Crippen LogP contribution is -2.05. The zero-order chi connectivity index (χ0) is 15.2. The number of methoxy groups -OCH3 is 1. The number of anilines is 1. The molecule has 0 spiro atoms. The van der Waals surface area contributed by atoms with Gasteiger partial charge in [0.2, 0.25) is 0 Å². The van der Waals surface area contributed by atoms with Gasteiger partial charge in [-0.2, -0.15) is 0 Å². The Labute approximate surface area is 128 Å².